The van der Waals surface area contributed by atoms with E-state index in [9.17, 15) is 19.0 Å². The first-order chi connectivity index (χ1) is 19.4. The monoisotopic (exact) mass is 544 g/mol. The van der Waals surface area contributed by atoms with Gasteiger partial charge in [0.05, 0.1) is 33.2 Å². The highest BCUT2D eigenvalue weighted by Gasteiger charge is 2.30. The molecule has 3 N–H and O–H groups in total. The Morgan fingerprint density at radius 1 is 0.750 bits per heavy atom. The van der Waals surface area contributed by atoms with Crippen LogP contribution in [-0.2, 0) is 0 Å². The zero-order valence-corrected chi connectivity index (χ0v) is 22.4. The standard InChI is InChI=1S/C30H30F2N6O2/c1-3-5-7-9-18(8-6-4-2)38-28-26(34-20-13-11-17(32)15-22(20)36-28)24(30(38)40)23-25-27(37-29(23)39)35-21-14-16(31)10-12-19(21)33-25/h10-15,18,39-40H,3-9H2,1-2H3,(H,35,37). The minimum atomic E-state index is -0.447. The number of halogens is 2. The van der Waals surface area contributed by atoms with Crippen LogP contribution in [0.5, 0.6) is 11.8 Å². The molecule has 0 saturated carbocycles. The van der Waals surface area contributed by atoms with Crippen LogP contribution in [0.1, 0.15) is 64.8 Å². The van der Waals surface area contributed by atoms with E-state index < -0.39 is 11.6 Å². The maximum absolute atomic E-state index is 14.2. The smallest absolute Gasteiger partial charge is 0.203 e. The summed E-state index contributed by atoms with van der Waals surface area (Å²) in [5, 5.41) is 23.0. The molecule has 10 heteroatoms. The Labute approximate surface area is 228 Å². The molecule has 206 valence electrons. The first kappa shape index (κ1) is 25.9. The van der Waals surface area contributed by atoms with Crippen molar-refractivity contribution in [2.24, 2.45) is 0 Å². The van der Waals surface area contributed by atoms with Crippen LogP contribution < -0.4 is 0 Å². The van der Waals surface area contributed by atoms with Gasteiger partial charge >= 0.3 is 0 Å². The van der Waals surface area contributed by atoms with Crippen LogP contribution >= 0.6 is 0 Å². The fourth-order valence-electron chi connectivity index (χ4n) is 5.54. The summed E-state index contributed by atoms with van der Waals surface area (Å²) < 4.78 is 29.8. The highest BCUT2D eigenvalue weighted by molar-refractivity contribution is 6.07. The molecule has 0 amide bonds. The summed E-state index contributed by atoms with van der Waals surface area (Å²) in [6, 6.07) is 8.19. The molecule has 4 aromatic heterocycles. The second-order valence-electron chi connectivity index (χ2n) is 10.3. The number of hydrogen-bond donors (Lipinski definition) is 3. The molecule has 40 heavy (non-hydrogen) atoms. The molecule has 2 aromatic carbocycles. The lowest BCUT2D eigenvalue weighted by Crippen LogP contribution is -2.10. The highest BCUT2D eigenvalue weighted by Crippen LogP contribution is 2.47. The lowest BCUT2D eigenvalue weighted by molar-refractivity contribution is 0.350. The van der Waals surface area contributed by atoms with Gasteiger partial charge in [0, 0.05) is 18.2 Å². The molecule has 1 atom stereocenters. The summed E-state index contributed by atoms with van der Waals surface area (Å²) in [6.45, 7) is 4.27. The van der Waals surface area contributed by atoms with Crippen LogP contribution in [0.25, 0.3) is 55.5 Å². The Hall–Kier alpha value is -4.34. The SMILES string of the molecule is CCCCCC(CCCC)n1c(O)c(-c2c(O)[nH]c3nc4cc(F)ccc4nc23)c2nc3ccc(F)cc3nc21. The Balaban J connectivity index is 1.66. The summed E-state index contributed by atoms with van der Waals surface area (Å²) in [7, 11) is 0. The number of aromatic hydroxyl groups is 2. The van der Waals surface area contributed by atoms with E-state index in [1.807, 2.05) is 0 Å². The number of aromatic nitrogens is 6. The van der Waals surface area contributed by atoms with Gasteiger partial charge in [-0.1, -0.05) is 46.0 Å². The van der Waals surface area contributed by atoms with Crippen molar-refractivity contribution in [2.75, 3.05) is 0 Å². The second-order valence-corrected chi connectivity index (χ2v) is 10.3. The molecule has 0 aliphatic rings. The zero-order valence-electron chi connectivity index (χ0n) is 22.4. The Morgan fingerprint density at radius 3 is 2.05 bits per heavy atom. The number of hydrogen-bond acceptors (Lipinski definition) is 6. The van der Waals surface area contributed by atoms with Gasteiger partial charge in [0.25, 0.3) is 0 Å². The molecule has 8 nitrogen and oxygen atoms in total. The van der Waals surface area contributed by atoms with E-state index in [-0.39, 0.29) is 34.6 Å². The van der Waals surface area contributed by atoms with Gasteiger partial charge in [-0.3, -0.25) is 4.57 Å². The molecule has 0 fully saturated rings. The van der Waals surface area contributed by atoms with Crippen molar-refractivity contribution in [2.45, 2.75) is 64.8 Å². The molecule has 6 rings (SSSR count). The molecule has 0 radical (unpaired) electrons. The molecular weight excluding hydrogens is 514 g/mol. The van der Waals surface area contributed by atoms with E-state index in [2.05, 4.69) is 28.8 Å². The maximum atomic E-state index is 14.2. The lowest BCUT2D eigenvalue weighted by atomic mass is 10.0. The summed E-state index contributed by atoms with van der Waals surface area (Å²) in [4.78, 5) is 21.5. The number of aromatic amines is 1. The topological polar surface area (TPSA) is 113 Å². The van der Waals surface area contributed by atoms with E-state index in [0.717, 1.165) is 44.9 Å². The van der Waals surface area contributed by atoms with E-state index in [1.165, 1.54) is 30.3 Å². The minimum Gasteiger partial charge on any atom is -0.494 e. The zero-order chi connectivity index (χ0) is 28.0. The average Bonchev–Trinajstić information content (AvgIpc) is 3.38. The predicted molar refractivity (Wildman–Crippen MR) is 151 cm³/mol. The Kier molecular flexibility index (Phi) is 6.69. The first-order valence-electron chi connectivity index (χ1n) is 13.8. The molecule has 0 bridgehead atoms. The number of nitrogens with zero attached hydrogens (tertiary/aromatic N) is 5. The van der Waals surface area contributed by atoms with Crippen LogP contribution in [0.15, 0.2) is 36.4 Å². The van der Waals surface area contributed by atoms with Crippen LogP contribution in [0.4, 0.5) is 8.78 Å². The summed E-state index contributed by atoms with van der Waals surface area (Å²) in [6.07, 6.45) is 6.67. The van der Waals surface area contributed by atoms with Crippen molar-refractivity contribution in [3.8, 4) is 22.9 Å². The number of unbranched alkanes of at least 4 members (excludes halogenated alkanes) is 3. The fourth-order valence-corrected chi connectivity index (χ4v) is 5.54. The highest BCUT2D eigenvalue weighted by atomic mass is 19.1. The number of rotatable bonds is 9. The van der Waals surface area contributed by atoms with Gasteiger partial charge in [0.2, 0.25) is 11.8 Å². The summed E-state index contributed by atoms with van der Waals surface area (Å²) in [5.41, 5.74) is 3.42. The molecule has 0 saturated heterocycles. The van der Waals surface area contributed by atoms with Crippen molar-refractivity contribution in [1.82, 2.24) is 29.5 Å². The van der Waals surface area contributed by atoms with E-state index in [1.54, 1.807) is 10.6 Å². The number of nitrogens with one attached hydrogen (secondary N) is 1. The van der Waals surface area contributed by atoms with Crippen molar-refractivity contribution in [1.29, 1.82) is 0 Å². The molecule has 0 aliphatic heterocycles. The molecule has 6 aromatic rings. The molecule has 0 aliphatic carbocycles. The van der Waals surface area contributed by atoms with Gasteiger partial charge < -0.3 is 15.2 Å². The summed E-state index contributed by atoms with van der Waals surface area (Å²) >= 11 is 0. The van der Waals surface area contributed by atoms with E-state index >= 15 is 0 Å². The number of fused-ring (bicyclic) bond motifs is 4. The number of benzene rings is 2. The van der Waals surface area contributed by atoms with Crippen molar-refractivity contribution < 1.29 is 19.0 Å². The third kappa shape index (κ3) is 4.37. The summed E-state index contributed by atoms with van der Waals surface area (Å²) in [5.74, 6) is -1.22. The van der Waals surface area contributed by atoms with Crippen molar-refractivity contribution in [3.63, 3.8) is 0 Å². The molecule has 4 heterocycles. The van der Waals surface area contributed by atoms with Crippen LogP contribution in [0.2, 0.25) is 0 Å². The maximum Gasteiger partial charge on any atom is 0.203 e. The van der Waals surface area contributed by atoms with Gasteiger partial charge in [0.15, 0.2) is 11.3 Å². The largest absolute Gasteiger partial charge is 0.494 e. The van der Waals surface area contributed by atoms with Crippen LogP contribution in [-0.4, -0.2) is 39.7 Å². The van der Waals surface area contributed by atoms with Crippen molar-refractivity contribution >= 4 is 44.4 Å². The number of H-pyrrole nitrogens is 1. The average molecular weight is 545 g/mol. The molecule has 0 spiro atoms. The van der Waals surface area contributed by atoms with Gasteiger partial charge in [-0.05, 0) is 37.1 Å². The van der Waals surface area contributed by atoms with E-state index in [0.29, 0.717) is 38.7 Å². The fraction of sp³-hybridized carbons (Fsp3) is 0.333. The van der Waals surface area contributed by atoms with Gasteiger partial charge in [-0.25, -0.2) is 28.7 Å². The third-order valence-electron chi connectivity index (χ3n) is 7.51. The normalized spacial score (nSPS) is 12.8. The van der Waals surface area contributed by atoms with E-state index in [4.69, 9.17) is 9.97 Å². The van der Waals surface area contributed by atoms with Crippen molar-refractivity contribution in [3.05, 3.63) is 48.0 Å². The van der Waals surface area contributed by atoms with Gasteiger partial charge in [-0.15, -0.1) is 0 Å². The second kappa shape index (κ2) is 10.3. The van der Waals surface area contributed by atoms with Crippen LogP contribution in [0.3, 0.4) is 0 Å². The van der Waals surface area contributed by atoms with Gasteiger partial charge in [0.1, 0.15) is 22.7 Å². The first-order valence-corrected chi connectivity index (χ1v) is 13.8. The van der Waals surface area contributed by atoms with Gasteiger partial charge in [-0.2, -0.15) is 0 Å². The van der Waals surface area contributed by atoms with Crippen LogP contribution in [0, 0.1) is 11.6 Å². The molecule has 1 unspecified atom stereocenters. The lowest BCUT2D eigenvalue weighted by Gasteiger charge is -2.20. The molecular formula is C30H30F2N6O2. The third-order valence-corrected chi connectivity index (χ3v) is 7.51. The Bertz CT molecular complexity index is 1880. The Morgan fingerprint density at radius 2 is 1.38 bits per heavy atom. The minimum absolute atomic E-state index is 0.0784. The quantitative estimate of drug-likeness (QED) is 0.161. The predicted octanol–water partition coefficient (Wildman–Crippen LogP) is 7.68.